The lowest BCUT2D eigenvalue weighted by Gasteiger charge is -2.10. The number of nitrogens with one attached hydrogen (secondary N) is 1. The second-order valence-electron chi connectivity index (χ2n) is 7.02. The number of hydrogen-bond acceptors (Lipinski definition) is 1. The molecule has 0 heterocycles. The summed E-state index contributed by atoms with van der Waals surface area (Å²) >= 11 is 0. The van der Waals surface area contributed by atoms with Gasteiger partial charge in [-0.1, -0.05) is 97.1 Å². The van der Waals surface area contributed by atoms with E-state index in [1.165, 1.54) is 5.39 Å². The second-order valence-corrected chi connectivity index (χ2v) is 7.02. The van der Waals surface area contributed by atoms with E-state index in [0.717, 1.165) is 27.3 Å². The summed E-state index contributed by atoms with van der Waals surface area (Å²) in [4.78, 5) is 4.45. The van der Waals surface area contributed by atoms with Crippen molar-refractivity contribution in [2.45, 2.75) is 6.92 Å². The largest absolute Gasteiger partial charge is 0.383 e. The van der Waals surface area contributed by atoms with Gasteiger partial charge in [0.2, 0.25) is 0 Å². The molecule has 0 radical (unpaired) electrons. The zero-order valence-electron chi connectivity index (χ0n) is 16.8. The van der Waals surface area contributed by atoms with Crippen molar-refractivity contribution < 1.29 is 0 Å². The molecule has 0 amide bonds. The molecule has 0 aromatic heterocycles. The first-order chi connectivity index (χ1) is 14.7. The minimum Gasteiger partial charge on any atom is -0.383 e. The number of allylic oxidation sites excluding steroid dienone is 1. The van der Waals surface area contributed by atoms with Gasteiger partial charge in [-0.25, -0.2) is 4.99 Å². The zero-order valence-corrected chi connectivity index (χ0v) is 16.8. The van der Waals surface area contributed by atoms with E-state index in [2.05, 4.69) is 35.3 Å². The number of nitrogens with zero attached hydrogens (tertiary/aromatic N) is 1. The Labute approximate surface area is 176 Å². The molecular weight excluding hydrogens is 366 g/mol. The molecule has 0 atom stereocenters. The van der Waals surface area contributed by atoms with Gasteiger partial charge in [-0.2, -0.15) is 0 Å². The van der Waals surface area contributed by atoms with Gasteiger partial charge in [-0.05, 0) is 40.1 Å². The molecule has 0 aliphatic rings. The topological polar surface area (TPSA) is 62.2 Å². The molecule has 0 fully saturated rings. The van der Waals surface area contributed by atoms with Gasteiger partial charge < -0.3 is 5.73 Å². The quantitative estimate of drug-likeness (QED) is 0.182. The van der Waals surface area contributed by atoms with Crippen LogP contribution in [0.2, 0.25) is 0 Å². The van der Waals surface area contributed by atoms with E-state index >= 15 is 0 Å². The van der Waals surface area contributed by atoms with Crippen LogP contribution < -0.4 is 5.73 Å². The Bertz CT molecular complexity index is 1310. The number of nitrogens with two attached hydrogens (primary N) is 1. The van der Waals surface area contributed by atoms with Crippen LogP contribution in [0.5, 0.6) is 0 Å². The molecule has 3 heteroatoms. The molecule has 30 heavy (non-hydrogen) atoms. The Morgan fingerprint density at radius 3 is 2.20 bits per heavy atom. The van der Waals surface area contributed by atoms with Crippen molar-refractivity contribution in [3.05, 3.63) is 114 Å². The lowest BCUT2D eigenvalue weighted by atomic mass is 9.97. The Morgan fingerprint density at radius 2 is 1.47 bits per heavy atom. The first kappa shape index (κ1) is 19.3. The van der Waals surface area contributed by atoms with E-state index in [9.17, 15) is 0 Å². The highest BCUT2D eigenvalue weighted by molar-refractivity contribution is 6.20. The Morgan fingerprint density at radius 1 is 0.833 bits per heavy atom. The van der Waals surface area contributed by atoms with Crippen LogP contribution in [0.25, 0.3) is 27.6 Å². The molecular formula is C27H23N3. The summed E-state index contributed by atoms with van der Waals surface area (Å²) in [5, 5.41) is 12.9. The van der Waals surface area contributed by atoms with Gasteiger partial charge in [-0.3, -0.25) is 5.41 Å². The Kier molecular flexibility index (Phi) is 5.53. The van der Waals surface area contributed by atoms with Crippen molar-refractivity contribution in [3.8, 4) is 0 Å². The maximum absolute atomic E-state index is 8.48. The molecule has 4 aromatic rings. The summed E-state index contributed by atoms with van der Waals surface area (Å²) in [7, 11) is 0. The molecule has 0 aliphatic heterocycles. The van der Waals surface area contributed by atoms with Gasteiger partial charge in [-0.15, -0.1) is 0 Å². The minimum atomic E-state index is 0.138. The van der Waals surface area contributed by atoms with E-state index in [0.29, 0.717) is 11.4 Å². The highest BCUT2D eigenvalue weighted by Crippen LogP contribution is 2.28. The van der Waals surface area contributed by atoms with Crippen molar-refractivity contribution in [1.82, 2.24) is 0 Å². The van der Waals surface area contributed by atoms with Crippen molar-refractivity contribution in [2.75, 3.05) is 0 Å². The fraction of sp³-hybridized carbons (Fsp3) is 0.0370. The van der Waals surface area contributed by atoms with Crippen molar-refractivity contribution in [1.29, 1.82) is 5.41 Å². The number of benzene rings is 4. The average Bonchev–Trinajstić information content (AvgIpc) is 2.79. The fourth-order valence-electron chi connectivity index (χ4n) is 3.57. The lowest BCUT2D eigenvalue weighted by Crippen LogP contribution is -2.16. The molecule has 3 N–H and O–H groups in total. The average molecular weight is 390 g/mol. The minimum absolute atomic E-state index is 0.138. The van der Waals surface area contributed by atoms with Crippen LogP contribution in [-0.4, -0.2) is 11.7 Å². The molecule has 4 aromatic carbocycles. The first-order valence-corrected chi connectivity index (χ1v) is 9.91. The Balaban J connectivity index is 1.72. The van der Waals surface area contributed by atoms with Gasteiger partial charge in [0, 0.05) is 11.1 Å². The number of amidine groups is 2. The van der Waals surface area contributed by atoms with Crippen molar-refractivity contribution in [3.63, 3.8) is 0 Å². The zero-order chi connectivity index (χ0) is 20.9. The van der Waals surface area contributed by atoms with Crippen LogP contribution in [0.3, 0.4) is 0 Å². The number of fused-ring (bicyclic) bond motifs is 3. The fourth-order valence-corrected chi connectivity index (χ4v) is 3.57. The number of hydrogen-bond donors (Lipinski definition) is 2. The van der Waals surface area contributed by atoms with Crippen LogP contribution in [0.4, 0.5) is 0 Å². The van der Waals surface area contributed by atoms with Crippen molar-refractivity contribution >= 4 is 39.3 Å². The molecule has 0 bridgehead atoms. The van der Waals surface area contributed by atoms with Gasteiger partial charge in [0.15, 0.2) is 5.84 Å². The summed E-state index contributed by atoms with van der Waals surface area (Å²) in [6.45, 7) is 1.90. The normalized spacial score (nSPS) is 12.7. The smallest absolute Gasteiger partial charge is 0.153 e. The number of aliphatic imine (C=N–C) groups is 1. The highest BCUT2D eigenvalue weighted by atomic mass is 14.9. The van der Waals surface area contributed by atoms with Gasteiger partial charge in [0.05, 0.1) is 0 Å². The molecule has 0 unspecified atom stereocenters. The molecule has 4 rings (SSSR count). The van der Waals surface area contributed by atoms with Gasteiger partial charge in [0.1, 0.15) is 5.84 Å². The summed E-state index contributed by atoms with van der Waals surface area (Å²) in [6, 6.07) is 28.5. The standard InChI is InChI=1S/C27H23N3/c1-2-20(17-16-19-10-4-3-5-11-19)26(28)30-27(29)25-18-21-12-6-7-13-22(21)23-14-8-9-15-24(23)25/h2-18H,1H3,(H3,28,29,30)/b17-16-,20-2+. The molecule has 0 spiro atoms. The maximum Gasteiger partial charge on any atom is 0.153 e. The van der Waals surface area contributed by atoms with Crippen LogP contribution >= 0.6 is 0 Å². The van der Waals surface area contributed by atoms with E-state index in [1.807, 2.05) is 79.7 Å². The lowest BCUT2D eigenvalue weighted by molar-refractivity contribution is 1.40. The van der Waals surface area contributed by atoms with E-state index in [1.54, 1.807) is 0 Å². The van der Waals surface area contributed by atoms with Crippen LogP contribution in [0.15, 0.2) is 108 Å². The maximum atomic E-state index is 8.48. The Hall–Kier alpha value is -3.98. The predicted octanol–water partition coefficient (Wildman–Crippen LogP) is 6.34. The monoisotopic (exact) mass is 389 g/mol. The van der Waals surface area contributed by atoms with Crippen LogP contribution in [-0.2, 0) is 0 Å². The molecule has 0 saturated heterocycles. The van der Waals surface area contributed by atoms with Crippen molar-refractivity contribution in [2.24, 2.45) is 10.7 Å². The predicted molar refractivity (Wildman–Crippen MR) is 129 cm³/mol. The SMILES string of the molecule is C/C=C(\C=C/c1ccccc1)C(=N)/N=C(\N)c1cc2ccccc2c2ccccc12. The van der Waals surface area contributed by atoms with E-state index < -0.39 is 0 Å². The van der Waals surface area contributed by atoms with Crippen LogP contribution in [0.1, 0.15) is 18.1 Å². The first-order valence-electron chi connectivity index (χ1n) is 9.91. The molecule has 0 aliphatic carbocycles. The van der Waals surface area contributed by atoms with Gasteiger partial charge in [0.25, 0.3) is 0 Å². The summed E-state index contributed by atoms with van der Waals surface area (Å²) < 4.78 is 0. The third-order valence-corrected chi connectivity index (χ3v) is 5.12. The second kappa shape index (κ2) is 8.58. The van der Waals surface area contributed by atoms with E-state index in [4.69, 9.17) is 11.1 Å². The third-order valence-electron chi connectivity index (χ3n) is 5.12. The van der Waals surface area contributed by atoms with E-state index in [-0.39, 0.29) is 5.84 Å². The molecule has 0 saturated carbocycles. The molecule has 3 nitrogen and oxygen atoms in total. The number of rotatable bonds is 4. The van der Waals surface area contributed by atoms with Crippen LogP contribution in [0, 0.1) is 5.41 Å². The highest BCUT2D eigenvalue weighted by Gasteiger charge is 2.10. The summed E-state index contributed by atoms with van der Waals surface area (Å²) in [5.74, 6) is 0.480. The molecule has 146 valence electrons. The third kappa shape index (κ3) is 3.91. The van der Waals surface area contributed by atoms with Gasteiger partial charge >= 0.3 is 0 Å². The summed E-state index contributed by atoms with van der Waals surface area (Å²) in [5.41, 5.74) is 9.04. The summed E-state index contributed by atoms with van der Waals surface area (Å²) in [6.07, 6.45) is 5.74.